The monoisotopic (exact) mass is 131 g/mol. The minimum Gasteiger partial charge on any atom is -0.329 e. The average Bonchev–Trinajstić information content (AvgIpc) is 1.91. The second-order valence-electron chi connectivity index (χ2n) is 2.24. The Morgan fingerprint density at radius 2 is 2.22 bits per heavy atom. The van der Waals surface area contributed by atoms with Gasteiger partial charge in [0.2, 0.25) is 0 Å². The number of unbranched alkanes of at least 4 members (excludes halogenated alkanes) is 1. The molecular formula is C6H17N3. The predicted octanol–water partition coefficient (Wildman–Crippen LogP) is -0.0328. The highest BCUT2D eigenvalue weighted by Crippen LogP contribution is 1.96. The summed E-state index contributed by atoms with van der Waals surface area (Å²) < 4.78 is 0. The molecule has 0 aromatic heterocycles. The van der Waals surface area contributed by atoms with Crippen LogP contribution in [0.25, 0.3) is 0 Å². The van der Waals surface area contributed by atoms with E-state index in [1.807, 2.05) is 0 Å². The Hall–Kier alpha value is -0.120. The van der Waals surface area contributed by atoms with Crippen LogP contribution in [0.15, 0.2) is 0 Å². The van der Waals surface area contributed by atoms with E-state index in [2.05, 4.69) is 12.3 Å². The SMILES string of the molecule is CCCCC(CN)NN. The predicted molar refractivity (Wildman–Crippen MR) is 39.7 cm³/mol. The highest BCUT2D eigenvalue weighted by Gasteiger charge is 2.00. The first kappa shape index (κ1) is 8.88. The Kier molecular flexibility index (Phi) is 5.93. The molecule has 0 aromatic carbocycles. The van der Waals surface area contributed by atoms with Gasteiger partial charge >= 0.3 is 0 Å². The molecule has 1 unspecified atom stereocenters. The minimum absolute atomic E-state index is 0.310. The van der Waals surface area contributed by atoms with Gasteiger partial charge in [0.1, 0.15) is 0 Å². The Bertz CT molecular complexity index is 52.3. The van der Waals surface area contributed by atoms with Gasteiger partial charge in [0.05, 0.1) is 0 Å². The summed E-state index contributed by atoms with van der Waals surface area (Å²) in [6, 6.07) is 0.310. The van der Waals surface area contributed by atoms with Crippen LogP contribution < -0.4 is 17.0 Å². The van der Waals surface area contributed by atoms with E-state index in [1.54, 1.807) is 0 Å². The topological polar surface area (TPSA) is 64.1 Å². The quantitative estimate of drug-likeness (QED) is 0.362. The van der Waals surface area contributed by atoms with Gasteiger partial charge in [-0.05, 0) is 6.42 Å². The van der Waals surface area contributed by atoms with Gasteiger partial charge < -0.3 is 5.73 Å². The maximum absolute atomic E-state index is 5.38. The summed E-state index contributed by atoms with van der Waals surface area (Å²) in [6.07, 6.45) is 3.49. The van der Waals surface area contributed by atoms with Crippen LogP contribution in [0.4, 0.5) is 0 Å². The van der Waals surface area contributed by atoms with Crippen LogP contribution in [-0.2, 0) is 0 Å². The summed E-state index contributed by atoms with van der Waals surface area (Å²) in [5.41, 5.74) is 8.04. The molecule has 0 fully saturated rings. The zero-order chi connectivity index (χ0) is 7.11. The van der Waals surface area contributed by atoms with Gasteiger partial charge in [-0.15, -0.1) is 0 Å². The molecule has 0 saturated carbocycles. The Morgan fingerprint density at radius 3 is 2.56 bits per heavy atom. The molecule has 0 aliphatic heterocycles. The van der Waals surface area contributed by atoms with Crippen LogP contribution in [0, 0.1) is 0 Å². The van der Waals surface area contributed by atoms with Gasteiger partial charge in [0.15, 0.2) is 0 Å². The number of rotatable bonds is 5. The summed E-state index contributed by atoms with van der Waals surface area (Å²) in [4.78, 5) is 0. The molecule has 0 amide bonds. The lowest BCUT2D eigenvalue weighted by Gasteiger charge is -2.11. The molecule has 0 radical (unpaired) electrons. The van der Waals surface area contributed by atoms with Crippen molar-refractivity contribution in [2.75, 3.05) is 6.54 Å². The van der Waals surface area contributed by atoms with Crippen molar-refractivity contribution in [2.24, 2.45) is 11.6 Å². The molecule has 0 rings (SSSR count). The van der Waals surface area contributed by atoms with Gasteiger partial charge in [-0.2, -0.15) is 0 Å². The standard InChI is InChI=1S/C6H17N3/c1-2-3-4-6(5-7)9-8/h6,9H,2-5,7-8H2,1H3. The Morgan fingerprint density at radius 1 is 1.56 bits per heavy atom. The number of hydrazine groups is 1. The van der Waals surface area contributed by atoms with Crippen molar-refractivity contribution in [1.29, 1.82) is 0 Å². The van der Waals surface area contributed by atoms with E-state index in [-0.39, 0.29) is 0 Å². The Labute approximate surface area is 56.8 Å². The number of nitrogens with two attached hydrogens (primary N) is 2. The molecule has 0 spiro atoms. The lowest BCUT2D eigenvalue weighted by atomic mass is 10.1. The maximum atomic E-state index is 5.38. The summed E-state index contributed by atoms with van der Waals surface area (Å²) in [7, 11) is 0. The third-order valence-electron chi connectivity index (χ3n) is 1.43. The Balaban J connectivity index is 3.09. The smallest absolute Gasteiger partial charge is 0.0333 e. The molecular weight excluding hydrogens is 114 g/mol. The van der Waals surface area contributed by atoms with Crippen molar-refractivity contribution < 1.29 is 0 Å². The first-order valence-electron chi connectivity index (χ1n) is 3.51. The van der Waals surface area contributed by atoms with E-state index >= 15 is 0 Å². The largest absolute Gasteiger partial charge is 0.329 e. The molecule has 0 bridgehead atoms. The number of hydrogen-bond acceptors (Lipinski definition) is 3. The molecule has 0 aliphatic rings. The van der Waals surface area contributed by atoms with Gasteiger partial charge in [-0.1, -0.05) is 19.8 Å². The zero-order valence-electron chi connectivity index (χ0n) is 6.06. The van der Waals surface area contributed by atoms with Crippen molar-refractivity contribution in [3.8, 4) is 0 Å². The maximum Gasteiger partial charge on any atom is 0.0333 e. The van der Waals surface area contributed by atoms with E-state index in [9.17, 15) is 0 Å². The minimum atomic E-state index is 0.310. The third kappa shape index (κ3) is 4.39. The highest BCUT2D eigenvalue weighted by atomic mass is 15.2. The van der Waals surface area contributed by atoms with E-state index in [0.717, 1.165) is 6.42 Å². The first-order valence-corrected chi connectivity index (χ1v) is 3.51. The normalized spacial score (nSPS) is 13.7. The van der Waals surface area contributed by atoms with Crippen LogP contribution in [0.3, 0.4) is 0 Å². The van der Waals surface area contributed by atoms with Crippen LogP contribution >= 0.6 is 0 Å². The lowest BCUT2D eigenvalue weighted by molar-refractivity contribution is 0.484. The second-order valence-corrected chi connectivity index (χ2v) is 2.24. The molecule has 0 saturated heterocycles. The molecule has 3 heteroatoms. The van der Waals surface area contributed by atoms with Gasteiger partial charge in [-0.3, -0.25) is 11.3 Å². The molecule has 56 valence electrons. The van der Waals surface area contributed by atoms with Crippen molar-refractivity contribution in [3.63, 3.8) is 0 Å². The van der Waals surface area contributed by atoms with E-state index in [4.69, 9.17) is 11.6 Å². The second kappa shape index (κ2) is 6.01. The summed E-state index contributed by atoms with van der Waals surface area (Å²) in [5.74, 6) is 5.19. The highest BCUT2D eigenvalue weighted by molar-refractivity contribution is 4.62. The van der Waals surface area contributed by atoms with E-state index in [1.165, 1.54) is 12.8 Å². The number of hydrogen-bond donors (Lipinski definition) is 3. The van der Waals surface area contributed by atoms with Crippen LogP contribution in [0.1, 0.15) is 26.2 Å². The molecule has 5 N–H and O–H groups in total. The molecule has 0 heterocycles. The zero-order valence-corrected chi connectivity index (χ0v) is 6.06. The summed E-state index contributed by atoms with van der Waals surface area (Å²) >= 11 is 0. The lowest BCUT2D eigenvalue weighted by Crippen LogP contribution is -2.40. The summed E-state index contributed by atoms with van der Waals surface area (Å²) in [6.45, 7) is 2.79. The van der Waals surface area contributed by atoms with Gasteiger partial charge in [0.25, 0.3) is 0 Å². The van der Waals surface area contributed by atoms with E-state index in [0.29, 0.717) is 12.6 Å². The van der Waals surface area contributed by atoms with Crippen molar-refractivity contribution in [3.05, 3.63) is 0 Å². The fourth-order valence-corrected chi connectivity index (χ4v) is 0.720. The molecule has 0 aromatic rings. The van der Waals surface area contributed by atoms with E-state index < -0.39 is 0 Å². The van der Waals surface area contributed by atoms with Crippen LogP contribution in [0.2, 0.25) is 0 Å². The van der Waals surface area contributed by atoms with Crippen LogP contribution in [-0.4, -0.2) is 12.6 Å². The fourth-order valence-electron chi connectivity index (χ4n) is 0.720. The number of nitrogens with one attached hydrogen (secondary N) is 1. The van der Waals surface area contributed by atoms with Crippen molar-refractivity contribution in [2.45, 2.75) is 32.2 Å². The van der Waals surface area contributed by atoms with Crippen molar-refractivity contribution in [1.82, 2.24) is 5.43 Å². The first-order chi connectivity index (χ1) is 4.35. The molecule has 3 nitrogen and oxygen atoms in total. The summed E-state index contributed by atoms with van der Waals surface area (Å²) in [5, 5.41) is 0. The van der Waals surface area contributed by atoms with Gasteiger partial charge in [-0.25, -0.2) is 0 Å². The third-order valence-corrected chi connectivity index (χ3v) is 1.43. The molecule has 1 atom stereocenters. The molecule has 9 heavy (non-hydrogen) atoms. The van der Waals surface area contributed by atoms with Gasteiger partial charge in [0, 0.05) is 12.6 Å². The fraction of sp³-hybridized carbons (Fsp3) is 1.00. The van der Waals surface area contributed by atoms with Crippen molar-refractivity contribution >= 4 is 0 Å². The average molecular weight is 131 g/mol. The van der Waals surface area contributed by atoms with Crippen LogP contribution in [0.5, 0.6) is 0 Å². The molecule has 0 aliphatic carbocycles.